The zero-order valence-corrected chi connectivity index (χ0v) is 14.2. The highest BCUT2D eigenvalue weighted by atomic mass is 79.9. The molecule has 3 rings (SSSR count). The van der Waals surface area contributed by atoms with Crippen LogP contribution in [0.5, 0.6) is 0 Å². The molecule has 0 spiro atoms. The summed E-state index contributed by atoms with van der Waals surface area (Å²) in [5.41, 5.74) is 6.78. The van der Waals surface area contributed by atoms with Gasteiger partial charge in [-0.05, 0) is 24.6 Å². The molecule has 1 aliphatic heterocycles. The Hall–Kier alpha value is -1.11. The van der Waals surface area contributed by atoms with Crippen LogP contribution in [0.2, 0.25) is 0 Å². The molecule has 2 N–H and O–H groups in total. The third-order valence-electron chi connectivity index (χ3n) is 3.76. The average Bonchev–Trinajstić information content (AvgIpc) is 2.83. The van der Waals surface area contributed by atoms with Crippen LogP contribution < -0.4 is 5.73 Å². The minimum absolute atomic E-state index is 0.0200. The van der Waals surface area contributed by atoms with E-state index >= 15 is 0 Å². The van der Waals surface area contributed by atoms with Gasteiger partial charge >= 0.3 is 0 Å². The van der Waals surface area contributed by atoms with Crippen LogP contribution in [0.25, 0.3) is 10.1 Å². The van der Waals surface area contributed by atoms with Crippen molar-refractivity contribution in [1.82, 2.24) is 4.90 Å². The molecule has 4 nitrogen and oxygen atoms in total. The molecule has 0 aliphatic carbocycles. The zero-order chi connectivity index (χ0) is 15.0. The Bertz CT molecular complexity index is 686. The van der Waals surface area contributed by atoms with Gasteiger partial charge in [-0.2, -0.15) is 0 Å². The lowest BCUT2D eigenvalue weighted by Gasteiger charge is -2.32. The van der Waals surface area contributed by atoms with Crippen LogP contribution in [0.3, 0.4) is 0 Å². The maximum absolute atomic E-state index is 12.7. The number of hydrogen-bond donors (Lipinski definition) is 1. The van der Waals surface area contributed by atoms with Crippen molar-refractivity contribution < 1.29 is 9.53 Å². The number of nitrogens with zero attached hydrogens (tertiary/aromatic N) is 1. The molecule has 112 valence electrons. The van der Waals surface area contributed by atoms with Crippen molar-refractivity contribution >= 4 is 48.9 Å². The van der Waals surface area contributed by atoms with E-state index in [4.69, 9.17) is 10.5 Å². The first kappa shape index (κ1) is 14.8. The minimum Gasteiger partial charge on any atom is -0.397 e. The molecule has 1 unspecified atom stereocenters. The molecule has 1 saturated heterocycles. The molecule has 1 amide bonds. The van der Waals surface area contributed by atoms with Gasteiger partial charge in [-0.25, -0.2) is 0 Å². The standard InChI is InChI=1S/C15H17BrN2O2S/c1-2-10-8-18(5-6-20-10)15(19)14-13(17)11-7-9(16)3-4-12(11)21-14/h3-4,7,10H,2,5-6,8,17H2,1H3. The smallest absolute Gasteiger partial charge is 0.266 e. The van der Waals surface area contributed by atoms with Crippen LogP contribution in [0.4, 0.5) is 5.69 Å². The fourth-order valence-corrected chi connectivity index (χ4v) is 3.97. The highest BCUT2D eigenvalue weighted by Crippen LogP contribution is 2.36. The Morgan fingerprint density at radius 2 is 2.38 bits per heavy atom. The molecule has 2 aromatic rings. The van der Waals surface area contributed by atoms with Gasteiger partial charge in [0.15, 0.2) is 0 Å². The first-order chi connectivity index (χ1) is 10.1. The zero-order valence-electron chi connectivity index (χ0n) is 11.8. The summed E-state index contributed by atoms with van der Waals surface area (Å²) in [5, 5.41) is 0.943. The van der Waals surface area contributed by atoms with Crippen LogP contribution >= 0.6 is 27.3 Å². The Balaban J connectivity index is 1.92. The monoisotopic (exact) mass is 368 g/mol. The Labute approximate surface area is 136 Å². The van der Waals surface area contributed by atoms with Crippen LogP contribution in [0, 0.1) is 0 Å². The lowest BCUT2D eigenvalue weighted by molar-refractivity contribution is -0.0224. The fraction of sp³-hybridized carbons (Fsp3) is 0.400. The van der Waals surface area contributed by atoms with Crippen molar-refractivity contribution in [2.24, 2.45) is 0 Å². The summed E-state index contributed by atoms with van der Waals surface area (Å²) in [6.45, 7) is 3.95. The first-order valence-corrected chi connectivity index (χ1v) is 8.59. The topological polar surface area (TPSA) is 55.6 Å². The normalized spacial score (nSPS) is 19.1. The van der Waals surface area contributed by atoms with E-state index < -0.39 is 0 Å². The van der Waals surface area contributed by atoms with E-state index in [-0.39, 0.29) is 12.0 Å². The van der Waals surface area contributed by atoms with Crippen molar-refractivity contribution in [1.29, 1.82) is 0 Å². The average molecular weight is 369 g/mol. The fourth-order valence-electron chi connectivity index (χ4n) is 2.54. The molecule has 0 bridgehead atoms. The second kappa shape index (κ2) is 5.94. The predicted octanol–water partition coefficient (Wildman–Crippen LogP) is 3.50. The Morgan fingerprint density at radius 1 is 1.57 bits per heavy atom. The maximum atomic E-state index is 12.7. The molecule has 1 aromatic carbocycles. The van der Waals surface area contributed by atoms with Gasteiger partial charge in [-0.3, -0.25) is 4.79 Å². The van der Waals surface area contributed by atoms with E-state index in [2.05, 4.69) is 22.9 Å². The summed E-state index contributed by atoms with van der Waals surface area (Å²) in [6.07, 6.45) is 1.05. The van der Waals surface area contributed by atoms with Crippen LogP contribution in [-0.4, -0.2) is 36.6 Å². The van der Waals surface area contributed by atoms with Gasteiger partial charge in [-0.1, -0.05) is 22.9 Å². The van der Waals surface area contributed by atoms with Gasteiger partial charge in [-0.15, -0.1) is 11.3 Å². The number of nitrogens with two attached hydrogens (primary N) is 1. The number of benzene rings is 1. The second-order valence-corrected chi connectivity index (χ2v) is 7.11. The van der Waals surface area contributed by atoms with E-state index in [9.17, 15) is 4.79 Å². The third kappa shape index (κ3) is 2.80. The van der Waals surface area contributed by atoms with Crippen molar-refractivity contribution in [3.8, 4) is 0 Å². The molecular formula is C15H17BrN2O2S. The van der Waals surface area contributed by atoms with E-state index in [0.717, 1.165) is 21.0 Å². The summed E-state index contributed by atoms with van der Waals surface area (Å²) >= 11 is 4.91. The summed E-state index contributed by atoms with van der Waals surface area (Å²) < 4.78 is 7.63. The number of thiophene rings is 1. The summed E-state index contributed by atoms with van der Waals surface area (Å²) in [7, 11) is 0. The molecule has 0 radical (unpaired) electrons. The molecular weight excluding hydrogens is 352 g/mol. The quantitative estimate of drug-likeness (QED) is 0.882. The van der Waals surface area contributed by atoms with Gasteiger partial charge < -0.3 is 15.4 Å². The third-order valence-corrected chi connectivity index (χ3v) is 5.43. The van der Waals surface area contributed by atoms with E-state index in [1.165, 1.54) is 11.3 Å². The van der Waals surface area contributed by atoms with Crippen molar-refractivity contribution in [2.45, 2.75) is 19.4 Å². The number of anilines is 1. The van der Waals surface area contributed by atoms with Crippen LogP contribution in [0.15, 0.2) is 22.7 Å². The Morgan fingerprint density at radius 3 is 3.14 bits per heavy atom. The number of hydrogen-bond acceptors (Lipinski definition) is 4. The lowest BCUT2D eigenvalue weighted by Crippen LogP contribution is -2.45. The minimum atomic E-state index is 0.0200. The van der Waals surface area contributed by atoms with Crippen molar-refractivity contribution in [2.75, 3.05) is 25.4 Å². The van der Waals surface area contributed by atoms with Crippen LogP contribution in [-0.2, 0) is 4.74 Å². The first-order valence-electron chi connectivity index (χ1n) is 6.98. The summed E-state index contributed by atoms with van der Waals surface area (Å²) in [5.74, 6) is 0.0200. The molecule has 1 fully saturated rings. The number of carbonyl (C=O) groups is 1. The van der Waals surface area contributed by atoms with Gasteiger partial charge in [0.1, 0.15) is 4.88 Å². The molecule has 1 aliphatic rings. The maximum Gasteiger partial charge on any atom is 0.266 e. The predicted molar refractivity (Wildman–Crippen MR) is 89.9 cm³/mol. The van der Waals surface area contributed by atoms with Gasteiger partial charge in [0.25, 0.3) is 5.91 Å². The number of halogens is 1. The number of fused-ring (bicyclic) bond motifs is 1. The van der Waals surface area contributed by atoms with E-state index in [1.807, 2.05) is 23.1 Å². The lowest BCUT2D eigenvalue weighted by atomic mass is 10.2. The second-order valence-electron chi connectivity index (χ2n) is 5.14. The van der Waals surface area contributed by atoms with Gasteiger partial charge in [0.05, 0.1) is 18.4 Å². The van der Waals surface area contributed by atoms with Crippen molar-refractivity contribution in [3.05, 3.63) is 27.5 Å². The number of amides is 1. The number of morpholine rings is 1. The molecule has 1 atom stereocenters. The molecule has 1 aromatic heterocycles. The van der Waals surface area contributed by atoms with Crippen molar-refractivity contribution in [3.63, 3.8) is 0 Å². The number of ether oxygens (including phenoxy) is 1. The van der Waals surface area contributed by atoms with Gasteiger partial charge in [0, 0.05) is 27.6 Å². The SMILES string of the molecule is CCC1CN(C(=O)c2sc3ccc(Br)cc3c2N)CCO1. The summed E-state index contributed by atoms with van der Waals surface area (Å²) in [6, 6.07) is 5.92. The number of carbonyl (C=O) groups excluding carboxylic acids is 1. The van der Waals surface area contributed by atoms with E-state index in [0.29, 0.717) is 30.3 Å². The molecule has 6 heteroatoms. The number of nitrogen functional groups attached to an aromatic ring is 1. The molecule has 2 heterocycles. The van der Waals surface area contributed by atoms with Gasteiger partial charge in [0.2, 0.25) is 0 Å². The molecule has 21 heavy (non-hydrogen) atoms. The molecule has 0 saturated carbocycles. The number of rotatable bonds is 2. The highest BCUT2D eigenvalue weighted by molar-refractivity contribution is 9.10. The highest BCUT2D eigenvalue weighted by Gasteiger charge is 2.27. The summed E-state index contributed by atoms with van der Waals surface area (Å²) in [4.78, 5) is 15.2. The van der Waals surface area contributed by atoms with E-state index in [1.54, 1.807) is 0 Å². The van der Waals surface area contributed by atoms with Crippen LogP contribution in [0.1, 0.15) is 23.0 Å². The Kier molecular flexibility index (Phi) is 4.19. The largest absolute Gasteiger partial charge is 0.397 e.